The number of carboxylic acid groups (broad SMARTS) is 1. The molecular weight excluding hydrogens is 236 g/mol. The average molecular weight is 255 g/mol. The Labute approximate surface area is 107 Å². The van der Waals surface area contributed by atoms with Gasteiger partial charge in [0.1, 0.15) is 0 Å². The topological polar surface area (TPSA) is 37.3 Å². The number of allylic oxidation sites excluding steroid dienone is 1. The van der Waals surface area contributed by atoms with Crippen LogP contribution in [0.25, 0.3) is 0 Å². The van der Waals surface area contributed by atoms with Crippen LogP contribution in [0.1, 0.15) is 39.0 Å². The van der Waals surface area contributed by atoms with E-state index in [0.717, 1.165) is 11.8 Å². The van der Waals surface area contributed by atoms with Crippen molar-refractivity contribution in [3.05, 3.63) is 10.6 Å². The van der Waals surface area contributed by atoms with Crippen LogP contribution >= 0.6 is 11.6 Å². The highest BCUT2D eigenvalue weighted by Gasteiger charge is 2.49. The van der Waals surface area contributed by atoms with Crippen LogP contribution in [0.5, 0.6) is 0 Å². The van der Waals surface area contributed by atoms with Gasteiger partial charge in [0.05, 0.1) is 0 Å². The highest BCUT2D eigenvalue weighted by molar-refractivity contribution is 6.31. The van der Waals surface area contributed by atoms with Gasteiger partial charge in [0, 0.05) is 16.5 Å². The number of rotatable bonds is 2. The van der Waals surface area contributed by atoms with Gasteiger partial charge in [-0.15, -0.1) is 0 Å². The van der Waals surface area contributed by atoms with Crippen LogP contribution in [0.4, 0.5) is 0 Å². The molecule has 94 valence electrons. The lowest BCUT2D eigenvalue weighted by Crippen LogP contribution is -2.45. The zero-order chi connectivity index (χ0) is 12.2. The maximum atomic E-state index is 11.0. The summed E-state index contributed by atoms with van der Waals surface area (Å²) in [5, 5.41) is 9.71. The second-order valence-corrected chi connectivity index (χ2v) is 6.64. The van der Waals surface area contributed by atoms with Gasteiger partial charge >= 0.3 is 5.97 Å². The fraction of sp³-hybridized carbons (Fsp3) is 0.786. The van der Waals surface area contributed by atoms with E-state index < -0.39 is 5.97 Å². The SMILES string of the molecule is CC(C(=O)O)=C(Cl)C1C2CC3CC(C2)CC1C3. The second-order valence-electron chi connectivity index (χ2n) is 6.23. The van der Waals surface area contributed by atoms with Crippen LogP contribution in [0, 0.1) is 29.6 Å². The molecule has 0 heterocycles. The van der Waals surface area contributed by atoms with Gasteiger partial charge in [-0.05, 0) is 62.7 Å². The maximum Gasteiger partial charge on any atom is 0.332 e. The first-order valence-corrected chi connectivity index (χ1v) is 7.03. The smallest absolute Gasteiger partial charge is 0.332 e. The predicted octanol–water partition coefficient (Wildman–Crippen LogP) is 3.66. The number of carboxylic acids is 1. The first kappa shape index (κ1) is 11.6. The van der Waals surface area contributed by atoms with E-state index in [4.69, 9.17) is 16.7 Å². The standard InChI is InChI=1S/C14H19ClO2/c1-7(14(16)17)13(15)12-10-3-8-2-9(5-10)6-11(12)4-8/h8-12H,2-6H2,1H3,(H,16,17). The molecule has 4 saturated carbocycles. The normalized spacial score (nSPS) is 44.7. The number of aliphatic carboxylic acids is 1. The Hall–Kier alpha value is -0.500. The minimum absolute atomic E-state index is 0.348. The molecule has 4 fully saturated rings. The van der Waals surface area contributed by atoms with Crippen LogP contribution in [0.15, 0.2) is 10.6 Å². The van der Waals surface area contributed by atoms with Crippen molar-refractivity contribution in [3.8, 4) is 0 Å². The summed E-state index contributed by atoms with van der Waals surface area (Å²) in [7, 11) is 0. The Kier molecular flexibility index (Phi) is 2.73. The van der Waals surface area contributed by atoms with Gasteiger partial charge in [-0.2, -0.15) is 0 Å². The molecule has 4 bridgehead atoms. The zero-order valence-corrected chi connectivity index (χ0v) is 10.9. The molecule has 0 radical (unpaired) electrons. The van der Waals surface area contributed by atoms with Crippen molar-refractivity contribution in [2.45, 2.75) is 39.0 Å². The molecule has 0 atom stereocenters. The lowest BCUT2D eigenvalue weighted by Gasteiger charge is -2.54. The van der Waals surface area contributed by atoms with Crippen molar-refractivity contribution in [3.63, 3.8) is 0 Å². The van der Waals surface area contributed by atoms with Crippen molar-refractivity contribution in [1.29, 1.82) is 0 Å². The Morgan fingerprint density at radius 2 is 1.53 bits per heavy atom. The van der Waals surface area contributed by atoms with Crippen molar-refractivity contribution < 1.29 is 9.90 Å². The minimum Gasteiger partial charge on any atom is -0.478 e. The summed E-state index contributed by atoms with van der Waals surface area (Å²) in [5.74, 6) is 2.62. The molecular formula is C14H19ClO2. The molecule has 0 saturated heterocycles. The molecule has 0 aromatic carbocycles. The monoisotopic (exact) mass is 254 g/mol. The molecule has 4 aliphatic rings. The maximum absolute atomic E-state index is 11.0. The van der Waals surface area contributed by atoms with Crippen LogP contribution in [-0.4, -0.2) is 11.1 Å². The minimum atomic E-state index is -0.858. The number of carbonyl (C=O) groups is 1. The lowest BCUT2D eigenvalue weighted by molar-refractivity contribution is -0.132. The molecule has 4 aliphatic carbocycles. The van der Waals surface area contributed by atoms with E-state index in [-0.39, 0.29) is 0 Å². The lowest BCUT2D eigenvalue weighted by atomic mass is 9.51. The van der Waals surface area contributed by atoms with E-state index in [2.05, 4.69) is 0 Å². The summed E-state index contributed by atoms with van der Waals surface area (Å²) >= 11 is 6.37. The molecule has 3 heteroatoms. The van der Waals surface area contributed by atoms with E-state index in [1.54, 1.807) is 6.92 Å². The van der Waals surface area contributed by atoms with Crippen molar-refractivity contribution in [1.82, 2.24) is 0 Å². The molecule has 0 aromatic heterocycles. The van der Waals surface area contributed by atoms with Gasteiger partial charge in [-0.1, -0.05) is 11.6 Å². The van der Waals surface area contributed by atoms with Gasteiger partial charge in [0.15, 0.2) is 0 Å². The summed E-state index contributed by atoms with van der Waals surface area (Å²) in [6.45, 7) is 1.65. The van der Waals surface area contributed by atoms with Crippen LogP contribution in [0.3, 0.4) is 0 Å². The molecule has 0 aliphatic heterocycles. The average Bonchev–Trinajstić information content (AvgIpc) is 2.26. The summed E-state index contributed by atoms with van der Waals surface area (Å²) in [4.78, 5) is 11.0. The first-order valence-electron chi connectivity index (χ1n) is 6.65. The highest BCUT2D eigenvalue weighted by Crippen LogP contribution is 2.59. The van der Waals surface area contributed by atoms with Crippen molar-refractivity contribution >= 4 is 17.6 Å². The first-order chi connectivity index (χ1) is 8.06. The van der Waals surface area contributed by atoms with Gasteiger partial charge in [-0.3, -0.25) is 0 Å². The number of hydrogen-bond donors (Lipinski definition) is 1. The van der Waals surface area contributed by atoms with E-state index in [1.807, 2.05) is 0 Å². The molecule has 0 unspecified atom stereocenters. The molecule has 0 spiro atoms. The molecule has 17 heavy (non-hydrogen) atoms. The van der Waals surface area contributed by atoms with E-state index in [0.29, 0.717) is 28.4 Å². The molecule has 1 N–H and O–H groups in total. The Bertz CT molecular complexity index is 358. The second kappa shape index (κ2) is 4.01. The molecule has 2 nitrogen and oxygen atoms in total. The van der Waals surface area contributed by atoms with Gasteiger partial charge in [0.2, 0.25) is 0 Å². The fourth-order valence-corrected chi connectivity index (χ4v) is 5.13. The summed E-state index contributed by atoms with van der Waals surface area (Å²) in [6, 6.07) is 0. The third-order valence-electron chi connectivity index (χ3n) is 5.20. The summed E-state index contributed by atoms with van der Waals surface area (Å²) in [5.41, 5.74) is 0.365. The highest BCUT2D eigenvalue weighted by atomic mass is 35.5. The fourth-order valence-electron chi connectivity index (χ4n) is 4.69. The van der Waals surface area contributed by atoms with Gasteiger partial charge in [-0.25, -0.2) is 4.79 Å². The van der Waals surface area contributed by atoms with E-state index in [9.17, 15) is 4.79 Å². The Balaban J connectivity index is 1.89. The van der Waals surface area contributed by atoms with Gasteiger partial charge in [0.25, 0.3) is 0 Å². The largest absolute Gasteiger partial charge is 0.478 e. The molecule has 0 amide bonds. The van der Waals surface area contributed by atoms with E-state index in [1.165, 1.54) is 32.1 Å². The number of hydrogen-bond acceptors (Lipinski definition) is 1. The quantitative estimate of drug-likeness (QED) is 0.764. The predicted molar refractivity (Wildman–Crippen MR) is 66.7 cm³/mol. The van der Waals surface area contributed by atoms with Crippen LogP contribution in [-0.2, 0) is 4.79 Å². The van der Waals surface area contributed by atoms with E-state index >= 15 is 0 Å². The van der Waals surface area contributed by atoms with Crippen molar-refractivity contribution in [2.75, 3.05) is 0 Å². The third kappa shape index (κ3) is 1.81. The molecule has 4 rings (SSSR count). The zero-order valence-electron chi connectivity index (χ0n) is 10.2. The third-order valence-corrected chi connectivity index (χ3v) is 5.73. The Morgan fingerprint density at radius 3 is 1.94 bits per heavy atom. The van der Waals surface area contributed by atoms with Gasteiger partial charge < -0.3 is 5.11 Å². The Morgan fingerprint density at radius 1 is 1.06 bits per heavy atom. The van der Waals surface area contributed by atoms with Crippen LogP contribution < -0.4 is 0 Å². The van der Waals surface area contributed by atoms with Crippen molar-refractivity contribution in [2.24, 2.45) is 29.6 Å². The van der Waals surface area contributed by atoms with Crippen LogP contribution in [0.2, 0.25) is 0 Å². The molecule has 0 aromatic rings. The summed E-state index contributed by atoms with van der Waals surface area (Å²) < 4.78 is 0. The number of halogens is 1. The summed E-state index contributed by atoms with van der Waals surface area (Å²) in [6.07, 6.45) is 6.53.